The maximum absolute atomic E-state index is 4.71. The van der Waals surface area contributed by atoms with E-state index in [1.54, 1.807) is 0 Å². The van der Waals surface area contributed by atoms with Gasteiger partial charge in [-0.3, -0.25) is 4.68 Å². The van der Waals surface area contributed by atoms with E-state index in [0.29, 0.717) is 5.92 Å². The highest BCUT2D eigenvalue weighted by Gasteiger charge is 2.20. The van der Waals surface area contributed by atoms with Crippen LogP contribution in [0.5, 0.6) is 0 Å². The molecule has 0 fully saturated rings. The predicted molar refractivity (Wildman–Crippen MR) is 58.6 cm³/mol. The van der Waals surface area contributed by atoms with Crippen LogP contribution in [0.3, 0.4) is 0 Å². The zero-order chi connectivity index (χ0) is 10.1. The fourth-order valence-electron chi connectivity index (χ4n) is 2.50. The number of aryl methyl sites for hydroxylation is 2. The lowest BCUT2D eigenvalue weighted by molar-refractivity contribution is 0.481. The minimum Gasteiger partial charge on any atom is -0.269 e. The molecule has 2 heteroatoms. The Kier molecular flexibility index (Phi) is 2.62. The van der Waals surface area contributed by atoms with Crippen molar-refractivity contribution in [2.24, 2.45) is 0 Å². The molecule has 0 amide bonds. The van der Waals surface area contributed by atoms with Gasteiger partial charge in [-0.1, -0.05) is 20.8 Å². The number of hydrogen-bond donors (Lipinski definition) is 0. The molecule has 0 bridgehead atoms. The Morgan fingerprint density at radius 1 is 1.36 bits per heavy atom. The molecule has 0 N–H and O–H groups in total. The molecule has 0 saturated carbocycles. The third-order valence-electron chi connectivity index (χ3n) is 3.12. The number of rotatable bonds is 2. The van der Waals surface area contributed by atoms with E-state index in [0.717, 1.165) is 13.0 Å². The average molecular weight is 192 g/mol. The van der Waals surface area contributed by atoms with Crippen LogP contribution in [0.15, 0.2) is 0 Å². The lowest BCUT2D eigenvalue weighted by Crippen LogP contribution is -2.12. The second-order valence-electron chi connectivity index (χ2n) is 4.50. The Bertz CT molecular complexity index is 323. The van der Waals surface area contributed by atoms with E-state index in [4.69, 9.17) is 5.10 Å². The summed E-state index contributed by atoms with van der Waals surface area (Å²) in [6.07, 6.45) is 4.96. The fourth-order valence-corrected chi connectivity index (χ4v) is 2.50. The summed E-state index contributed by atoms with van der Waals surface area (Å²) in [5, 5.41) is 4.71. The van der Waals surface area contributed by atoms with Gasteiger partial charge >= 0.3 is 0 Å². The summed E-state index contributed by atoms with van der Waals surface area (Å²) in [7, 11) is 0. The smallest absolute Gasteiger partial charge is 0.0659 e. The van der Waals surface area contributed by atoms with Crippen molar-refractivity contribution < 1.29 is 0 Å². The van der Waals surface area contributed by atoms with E-state index in [1.165, 1.54) is 36.2 Å². The molecular weight excluding hydrogens is 172 g/mol. The molecule has 0 spiro atoms. The van der Waals surface area contributed by atoms with Gasteiger partial charge in [-0.15, -0.1) is 0 Å². The SMILES string of the molecule is CCc1nn2c(c1C(C)C)CCCC2. The first kappa shape index (κ1) is 9.75. The lowest BCUT2D eigenvalue weighted by atomic mass is 9.95. The van der Waals surface area contributed by atoms with Crippen LogP contribution in [0.4, 0.5) is 0 Å². The van der Waals surface area contributed by atoms with E-state index in [2.05, 4.69) is 25.5 Å². The Morgan fingerprint density at radius 2 is 2.14 bits per heavy atom. The molecule has 0 aromatic carbocycles. The summed E-state index contributed by atoms with van der Waals surface area (Å²) in [6, 6.07) is 0. The van der Waals surface area contributed by atoms with E-state index in [1.807, 2.05) is 0 Å². The number of nitrogens with zero attached hydrogens (tertiary/aromatic N) is 2. The van der Waals surface area contributed by atoms with Gasteiger partial charge in [-0.25, -0.2) is 0 Å². The molecule has 0 unspecified atom stereocenters. The molecule has 0 atom stereocenters. The normalized spacial score (nSPS) is 16.0. The molecule has 1 aliphatic rings. The van der Waals surface area contributed by atoms with Crippen molar-refractivity contribution in [1.29, 1.82) is 0 Å². The van der Waals surface area contributed by atoms with Gasteiger partial charge in [0.2, 0.25) is 0 Å². The quantitative estimate of drug-likeness (QED) is 0.704. The summed E-state index contributed by atoms with van der Waals surface area (Å²) in [6.45, 7) is 7.91. The van der Waals surface area contributed by atoms with E-state index in [9.17, 15) is 0 Å². The summed E-state index contributed by atoms with van der Waals surface area (Å²) in [5.41, 5.74) is 4.38. The Labute approximate surface area is 86.3 Å². The second kappa shape index (κ2) is 3.76. The van der Waals surface area contributed by atoms with E-state index < -0.39 is 0 Å². The molecule has 1 aliphatic heterocycles. The first-order chi connectivity index (χ1) is 6.74. The van der Waals surface area contributed by atoms with E-state index >= 15 is 0 Å². The van der Waals surface area contributed by atoms with Crippen LogP contribution in [0.1, 0.15) is 56.5 Å². The molecular formula is C12H20N2. The van der Waals surface area contributed by atoms with Crippen molar-refractivity contribution in [2.45, 2.75) is 58.9 Å². The molecule has 1 aromatic rings. The van der Waals surface area contributed by atoms with E-state index in [-0.39, 0.29) is 0 Å². The van der Waals surface area contributed by atoms with Gasteiger partial charge in [0.1, 0.15) is 0 Å². The molecule has 2 heterocycles. The Balaban J connectivity index is 2.48. The van der Waals surface area contributed by atoms with Gasteiger partial charge in [0, 0.05) is 12.2 Å². The molecule has 1 aromatic heterocycles. The van der Waals surface area contributed by atoms with Crippen molar-refractivity contribution in [1.82, 2.24) is 9.78 Å². The molecule has 2 nitrogen and oxygen atoms in total. The van der Waals surface area contributed by atoms with Gasteiger partial charge in [-0.2, -0.15) is 5.10 Å². The zero-order valence-corrected chi connectivity index (χ0v) is 9.51. The highest BCUT2D eigenvalue weighted by atomic mass is 15.3. The lowest BCUT2D eigenvalue weighted by Gasteiger charge is -2.15. The largest absolute Gasteiger partial charge is 0.269 e. The van der Waals surface area contributed by atoms with Crippen molar-refractivity contribution >= 4 is 0 Å². The molecule has 0 aliphatic carbocycles. The fraction of sp³-hybridized carbons (Fsp3) is 0.750. The standard InChI is InChI=1S/C12H20N2/c1-4-10-12(9(2)3)11-7-5-6-8-14(11)13-10/h9H,4-8H2,1-3H3. The Morgan fingerprint density at radius 3 is 2.79 bits per heavy atom. The molecule has 0 saturated heterocycles. The van der Waals surface area contributed by atoms with Crippen LogP contribution >= 0.6 is 0 Å². The number of hydrogen-bond acceptors (Lipinski definition) is 1. The first-order valence-electron chi connectivity index (χ1n) is 5.82. The van der Waals surface area contributed by atoms with Crippen molar-refractivity contribution in [3.8, 4) is 0 Å². The van der Waals surface area contributed by atoms with Gasteiger partial charge in [0.05, 0.1) is 5.69 Å². The second-order valence-corrected chi connectivity index (χ2v) is 4.50. The summed E-state index contributed by atoms with van der Waals surface area (Å²) in [4.78, 5) is 0. The third kappa shape index (κ3) is 1.47. The highest BCUT2D eigenvalue weighted by molar-refractivity contribution is 5.30. The molecule has 2 rings (SSSR count). The van der Waals surface area contributed by atoms with Crippen LogP contribution in [-0.2, 0) is 19.4 Å². The summed E-state index contributed by atoms with van der Waals surface area (Å²) >= 11 is 0. The van der Waals surface area contributed by atoms with Gasteiger partial charge in [0.25, 0.3) is 0 Å². The van der Waals surface area contributed by atoms with Gasteiger partial charge in [0.15, 0.2) is 0 Å². The zero-order valence-electron chi connectivity index (χ0n) is 9.51. The number of fused-ring (bicyclic) bond motifs is 1. The average Bonchev–Trinajstić information content (AvgIpc) is 2.55. The third-order valence-corrected chi connectivity index (χ3v) is 3.12. The topological polar surface area (TPSA) is 17.8 Å². The van der Waals surface area contributed by atoms with Gasteiger partial charge < -0.3 is 0 Å². The maximum Gasteiger partial charge on any atom is 0.0659 e. The van der Waals surface area contributed by atoms with Crippen molar-refractivity contribution in [3.05, 3.63) is 17.0 Å². The highest BCUT2D eigenvalue weighted by Crippen LogP contribution is 2.28. The van der Waals surface area contributed by atoms with Gasteiger partial charge in [-0.05, 0) is 37.2 Å². The van der Waals surface area contributed by atoms with Crippen LogP contribution < -0.4 is 0 Å². The molecule has 78 valence electrons. The van der Waals surface area contributed by atoms with Crippen LogP contribution in [0.25, 0.3) is 0 Å². The predicted octanol–water partition coefficient (Wildman–Crippen LogP) is 2.91. The Hall–Kier alpha value is -0.790. The van der Waals surface area contributed by atoms with Crippen LogP contribution in [0.2, 0.25) is 0 Å². The van der Waals surface area contributed by atoms with Crippen molar-refractivity contribution in [2.75, 3.05) is 0 Å². The van der Waals surface area contributed by atoms with Crippen LogP contribution in [-0.4, -0.2) is 9.78 Å². The minimum atomic E-state index is 0.631. The monoisotopic (exact) mass is 192 g/mol. The van der Waals surface area contributed by atoms with Crippen molar-refractivity contribution in [3.63, 3.8) is 0 Å². The molecule has 0 radical (unpaired) electrons. The molecule has 14 heavy (non-hydrogen) atoms. The first-order valence-corrected chi connectivity index (χ1v) is 5.82. The minimum absolute atomic E-state index is 0.631. The van der Waals surface area contributed by atoms with Crippen LogP contribution in [0, 0.1) is 0 Å². The summed E-state index contributed by atoms with van der Waals surface area (Å²) in [5.74, 6) is 0.631. The number of aromatic nitrogens is 2. The summed E-state index contributed by atoms with van der Waals surface area (Å²) < 4.78 is 2.25. The maximum atomic E-state index is 4.71.